The molecule has 90 valence electrons. The van der Waals surface area contributed by atoms with Crippen LogP contribution in [0.1, 0.15) is 0 Å². The van der Waals surface area contributed by atoms with Crippen LogP contribution in [0.15, 0.2) is 46.0 Å². The Hall–Kier alpha value is -1.53. The lowest BCUT2D eigenvalue weighted by molar-refractivity contribution is 0.596. The molecule has 0 aliphatic rings. The molecule has 0 unspecified atom stereocenters. The standard InChI is InChI=1S/C11H12N2O2S2/c1-13(10-6-3-2-5-9(10)12)17(14,15)11-7-4-8-16-11/h2-8H,12H2,1H3. The van der Waals surface area contributed by atoms with Gasteiger partial charge in [-0.2, -0.15) is 0 Å². The molecule has 0 aliphatic heterocycles. The maximum atomic E-state index is 12.2. The van der Waals surface area contributed by atoms with Gasteiger partial charge in [0.05, 0.1) is 11.4 Å². The zero-order valence-corrected chi connectivity index (χ0v) is 10.8. The van der Waals surface area contributed by atoms with Gasteiger partial charge in [-0.25, -0.2) is 8.42 Å². The number of para-hydroxylation sites is 2. The molecule has 0 saturated carbocycles. The molecule has 0 aliphatic carbocycles. The SMILES string of the molecule is CN(c1ccccc1N)S(=O)(=O)c1cccs1. The molecule has 0 amide bonds. The highest BCUT2D eigenvalue weighted by Crippen LogP contribution is 2.28. The minimum absolute atomic E-state index is 0.309. The average molecular weight is 268 g/mol. The number of hydrogen-bond acceptors (Lipinski definition) is 4. The summed E-state index contributed by atoms with van der Waals surface area (Å²) >= 11 is 1.19. The molecule has 17 heavy (non-hydrogen) atoms. The lowest BCUT2D eigenvalue weighted by Gasteiger charge is -2.19. The third-order valence-electron chi connectivity index (χ3n) is 2.39. The molecule has 4 nitrogen and oxygen atoms in total. The summed E-state index contributed by atoms with van der Waals surface area (Å²) in [5, 5.41) is 1.73. The molecule has 2 rings (SSSR count). The Morgan fingerprint density at radius 2 is 1.88 bits per heavy atom. The van der Waals surface area contributed by atoms with Crippen molar-refractivity contribution in [3.63, 3.8) is 0 Å². The van der Waals surface area contributed by atoms with Gasteiger partial charge in [0.25, 0.3) is 10.0 Å². The fourth-order valence-electron chi connectivity index (χ4n) is 1.45. The van der Waals surface area contributed by atoms with Crippen LogP contribution in [0.25, 0.3) is 0 Å². The molecule has 1 aromatic carbocycles. The van der Waals surface area contributed by atoms with E-state index in [2.05, 4.69) is 0 Å². The Labute approximate surface area is 104 Å². The summed E-state index contributed by atoms with van der Waals surface area (Å²) in [7, 11) is -2.00. The third-order valence-corrected chi connectivity index (χ3v) is 5.53. The maximum absolute atomic E-state index is 12.2. The molecule has 0 atom stereocenters. The quantitative estimate of drug-likeness (QED) is 0.868. The number of hydrogen-bond donors (Lipinski definition) is 1. The van der Waals surface area contributed by atoms with Crippen molar-refractivity contribution >= 4 is 32.7 Å². The smallest absolute Gasteiger partial charge is 0.273 e. The van der Waals surface area contributed by atoms with Gasteiger partial charge in [-0.1, -0.05) is 18.2 Å². The number of benzene rings is 1. The Kier molecular flexibility index (Phi) is 3.08. The summed E-state index contributed by atoms with van der Waals surface area (Å²) in [6, 6.07) is 10.2. The van der Waals surface area contributed by atoms with Gasteiger partial charge < -0.3 is 5.73 Å². The van der Waals surface area contributed by atoms with Gasteiger partial charge in [0.1, 0.15) is 4.21 Å². The van der Waals surface area contributed by atoms with E-state index >= 15 is 0 Å². The summed E-state index contributed by atoms with van der Waals surface area (Å²) in [6.07, 6.45) is 0. The molecule has 0 spiro atoms. The minimum atomic E-state index is -3.50. The molecule has 0 fully saturated rings. The van der Waals surface area contributed by atoms with Crippen molar-refractivity contribution in [3.8, 4) is 0 Å². The van der Waals surface area contributed by atoms with Gasteiger partial charge in [-0.05, 0) is 23.6 Å². The molecule has 0 bridgehead atoms. The van der Waals surface area contributed by atoms with Crippen molar-refractivity contribution in [3.05, 3.63) is 41.8 Å². The van der Waals surface area contributed by atoms with Gasteiger partial charge in [0.2, 0.25) is 0 Å². The number of anilines is 2. The van der Waals surface area contributed by atoms with Crippen molar-refractivity contribution in [1.82, 2.24) is 0 Å². The third kappa shape index (κ3) is 2.13. The lowest BCUT2D eigenvalue weighted by Crippen LogP contribution is -2.26. The van der Waals surface area contributed by atoms with E-state index in [0.29, 0.717) is 15.6 Å². The number of sulfonamides is 1. The van der Waals surface area contributed by atoms with Crippen LogP contribution in [0.5, 0.6) is 0 Å². The molecule has 1 heterocycles. The summed E-state index contributed by atoms with van der Waals surface area (Å²) in [4.78, 5) is 0. The maximum Gasteiger partial charge on any atom is 0.273 e. The summed E-state index contributed by atoms with van der Waals surface area (Å²) < 4.78 is 26.0. The van der Waals surface area contributed by atoms with Gasteiger partial charge in [-0.3, -0.25) is 4.31 Å². The van der Waals surface area contributed by atoms with E-state index in [0.717, 1.165) is 0 Å². The van der Waals surface area contributed by atoms with Gasteiger partial charge in [-0.15, -0.1) is 11.3 Å². The monoisotopic (exact) mass is 268 g/mol. The highest BCUT2D eigenvalue weighted by atomic mass is 32.2. The van der Waals surface area contributed by atoms with Gasteiger partial charge >= 0.3 is 0 Å². The predicted octanol–water partition coefficient (Wildman–Crippen LogP) is 2.16. The Morgan fingerprint density at radius 3 is 2.47 bits per heavy atom. The van der Waals surface area contributed by atoms with Crippen LogP contribution in [0.3, 0.4) is 0 Å². The molecular formula is C11H12N2O2S2. The van der Waals surface area contributed by atoms with Crippen LogP contribution < -0.4 is 10.0 Å². The largest absolute Gasteiger partial charge is 0.397 e. The first-order valence-corrected chi connectivity index (χ1v) is 7.22. The highest BCUT2D eigenvalue weighted by Gasteiger charge is 2.23. The van der Waals surface area contributed by atoms with E-state index in [1.54, 1.807) is 41.8 Å². The number of nitrogens with zero attached hydrogens (tertiary/aromatic N) is 1. The van der Waals surface area contributed by atoms with Crippen LogP contribution >= 0.6 is 11.3 Å². The molecule has 0 radical (unpaired) electrons. The van der Waals surface area contributed by atoms with Crippen LogP contribution in [-0.4, -0.2) is 15.5 Å². The van der Waals surface area contributed by atoms with Gasteiger partial charge in [0.15, 0.2) is 0 Å². The van der Waals surface area contributed by atoms with E-state index in [4.69, 9.17) is 5.73 Å². The number of thiophene rings is 1. The molecule has 2 N–H and O–H groups in total. The molecule has 2 aromatic rings. The van der Waals surface area contributed by atoms with E-state index in [1.165, 1.54) is 22.7 Å². The van der Waals surface area contributed by atoms with Crippen molar-refractivity contribution in [2.45, 2.75) is 4.21 Å². The Bertz CT molecular complexity index is 606. The molecule has 1 aromatic heterocycles. The second kappa shape index (κ2) is 4.38. The fraction of sp³-hybridized carbons (Fsp3) is 0.0909. The Balaban J connectivity index is 2.46. The predicted molar refractivity (Wildman–Crippen MR) is 70.8 cm³/mol. The van der Waals surface area contributed by atoms with Crippen LogP contribution in [0.4, 0.5) is 11.4 Å². The van der Waals surface area contributed by atoms with Crippen LogP contribution in [-0.2, 0) is 10.0 Å². The zero-order chi connectivity index (χ0) is 12.5. The second-order valence-corrected chi connectivity index (χ2v) is 6.61. The first-order valence-electron chi connectivity index (χ1n) is 4.90. The van der Waals surface area contributed by atoms with Gasteiger partial charge in [0, 0.05) is 7.05 Å². The highest BCUT2D eigenvalue weighted by molar-refractivity contribution is 7.94. The van der Waals surface area contributed by atoms with Crippen molar-refractivity contribution < 1.29 is 8.42 Å². The van der Waals surface area contributed by atoms with Crippen molar-refractivity contribution in [1.29, 1.82) is 0 Å². The van der Waals surface area contributed by atoms with E-state index in [1.807, 2.05) is 0 Å². The van der Waals surface area contributed by atoms with E-state index in [-0.39, 0.29) is 0 Å². The average Bonchev–Trinajstić information content (AvgIpc) is 2.83. The number of nitrogen functional groups attached to an aromatic ring is 1. The summed E-state index contributed by atoms with van der Waals surface area (Å²) in [5.41, 5.74) is 6.70. The zero-order valence-electron chi connectivity index (χ0n) is 9.20. The molecule has 6 heteroatoms. The first-order chi connectivity index (χ1) is 8.03. The van der Waals surface area contributed by atoms with E-state index < -0.39 is 10.0 Å². The summed E-state index contributed by atoms with van der Waals surface area (Å²) in [6.45, 7) is 0. The fourth-order valence-corrected chi connectivity index (χ4v) is 3.83. The van der Waals surface area contributed by atoms with Crippen molar-refractivity contribution in [2.24, 2.45) is 0 Å². The topological polar surface area (TPSA) is 63.4 Å². The van der Waals surface area contributed by atoms with Crippen molar-refractivity contribution in [2.75, 3.05) is 17.1 Å². The van der Waals surface area contributed by atoms with Crippen LogP contribution in [0.2, 0.25) is 0 Å². The normalized spacial score (nSPS) is 11.4. The van der Waals surface area contributed by atoms with Crippen LogP contribution in [0, 0.1) is 0 Å². The molecule has 0 saturated heterocycles. The first kappa shape index (κ1) is 11.9. The number of nitrogens with two attached hydrogens (primary N) is 1. The molecular weight excluding hydrogens is 256 g/mol. The Morgan fingerprint density at radius 1 is 1.18 bits per heavy atom. The summed E-state index contributed by atoms with van der Waals surface area (Å²) in [5.74, 6) is 0. The minimum Gasteiger partial charge on any atom is -0.397 e. The number of rotatable bonds is 3. The lowest BCUT2D eigenvalue weighted by atomic mass is 10.3. The van der Waals surface area contributed by atoms with E-state index in [9.17, 15) is 8.42 Å². The second-order valence-electron chi connectivity index (χ2n) is 3.46.